The van der Waals surface area contributed by atoms with Crippen LogP contribution in [0.3, 0.4) is 0 Å². The summed E-state index contributed by atoms with van der Waals surface area (Å²) in [5, 5.41) is 5.84. The van der Waals surface area contributed by atoms with Crippen LogP contribution in [0.4, 0.5) is 0 Å². The van der Waals surface area contributed by atoms with Gasteiger partial charge >= 0.3 is 0 Å². The molecule has 0 spiro atoms. The van der Waals surface area contributed by atoms with Crippen molar-refractivity contribution in [3.8, 4) is 0 Å². The van der Waals surface area contributed by atoms with Crippen molar-refractivity contribution in [3.63, 3.8) is 0 Å². The Balaban J connectivity index is 2.51. The highest BCUT2D eigenvalue weighted by Crippen LogP contribution is 2.22. The molecule has 0 heterocycles. The van der Waals surface area contributed by atoms with Crippen molar-refractivity contribution >= 4 is 23.6 Å². The minimum Gasteiger partial charge on any atom is -0.0874 e. The third-order valence-corrected chi connectivity index (χ3v) is 10.8. The summed E-state index contributed by atoms with van der Waals surface area (Å²) < 4.78 is 0. The molecule has 0 saturated carbocycles. The molecule has 0 N–H and O–H groups in total. The first-order valence-corrected chi connectivity index (χ1v) is 11.6. The molecule has 136 valence electrons. The van der Waals surface area contributed by atoms with Crippen molar-refractivity contribution < 1.29 is 0 Å². The first-order valence-electron chi connectivity index (χ1n) is 9.60. The topological polar surface area (TPSA) is 0 Å². The van der Waals surface area contributed by atoms with Gasteiger partial charge in [-0.05, 0) is 43.3 Å². The molecule has 0 aliphatic rings. The summed E-state index contributed by atoms with van der Waals surface area (Å²) in [7, 11) is -2.34. The second-order valence-electron chi connectivity index (χ2n) is 7.10. The second-order valence-corrected chi connectivity index (χ2v) is 11.0. The van der Waals surface area contributed by atoms with Gasteiger partial charge in [-0.25, -0.2) is 0 Å². The molecular formula is C26H28Si. The van der Waals surface area contributed by atoms with Gasteiger partial charge in [0.2, 0.25) is 0 Å². The summed E-state index contributed by atoms with van der Waals surface area (Å²) in [6, 6.07) is 31.1. The monoisotopic (exact) mass is 368 g/mol. The molecule has 1 heteroatoms. The van der Waals surface area contributed by atoms with E-state index >= 15 is 0 Å². The zero-order valence-electron chi connectivity index (χ0n) is 16.7. The minimum atomic E-state index is -2.34. The van der Waals surface area contributed by atoms with Crippen molar-refractivity contribution in [2.24, 2.45) is 0 Å². The third kappa shape index (κ3) is 3.48. The molecule has 0 saturated heterocycles. The molecule has 0 aromatic heterocycles. The Morgan fingerprint density at radius 2 is 1.19 bits per heavy atom. The van der Waals surface area contributed by atoms with Gasteiger partial charge in [0.1, 0.15) is 0 Å². The Kier molecular flexibility index (Phi) is 5.93. The Bertz CT molecular complexity index is 910. The number of aryl methyl sites for hydroxylation is 1. The fraction of sp³-hybridized carbons (Fsp3) is 0.154. The van der Waals surface area contributed by atoms with Crippen LogP contribution in [-0.4, -0.2) is 8.07 Å². The first kappa shape index (κ1) is 19.1. The SMILES string of the molecule is CC=CC(C)=C(C)[Si](c1ccccc1)(c1ccccc1)c1ccccc1C. The van der Waals surface area contributed by atoms with Crippen LogP contribution in [0.25, 0.3) is 0 Å². The van der Waals surface area contributed by atoms with E-state index in [-0.39, 0.29) is 0 Å². The summed E-state index contributed by atoms with van der Waals surface area (Å²) in [4.78, 5) is 0. The van der Waals surface area contributed by atoms with Crippen LogP contribution in [0.1, 0.15) is 26.3 Å². The van der Waals surface area contributed by atoms with Crippen LogP contribution in [0.2, 0.25) is 0 Å². The quantitative estimate of drug-likeness (QED) is 0.341. The third-order valence-electron chi connectivity index (χ3n) is 5.53. The molecule has 3 rings (SSSR count). The maximum absolute atomic E-state index is 2.34. The highest BCUT2D eigenvalue weighted by atomic mass is 28.3. The van der Waals surface area contributed by atoms with E-state index in [2.05, 4.69) is 125 Å². The predicted molar refractivity (Wildman–Crippen MR) is 122 cm³/mol. The molecule has 3 aromatic carbocycles. The summed E-state index contributed by atoms with van der Waals surface area (Å²) in [6.45, 7) is 8.94. The van der Waals surface area contributed by atoms with Crippen molar-refractivity contribution in [3.05, 3.63) is 113 Å². The van der Waals surface area contributed by atoms with E-state index in [0.717, 1.165) is 0 Å². The maximum Gasteiger partial charge on any atom is 0.175 e. The molecule has 0 fully saturated rings. The van der Waals surface area contributed by atoms with Gasteiger partial charge in [-0.15, -0.1) is 0 Å². The van der Waals surface area contributed by atoms with Crippen LogP contribution in [-0.2, 0) is 0 Å². The van der Waals surface area contributed by atoms with Gasteiger partial charge in [-0.3, -0.25) is 0 Å². The standard InChI is InChI=1S/C26H28Si/c1-5-14-21(2)23(4)27(24-16-8-6-9-17-24,25-18-10-7-11-19-25)26-20-13-12-15-22(26)3/h5-20H,1-4H3. The smallest absolute Gasteiger partial charge is 0.0874 e. The zero-order valence-corrected chi connectivity index (χ0v) is 17.7. The Hall–Kier alpha value is -2.64. The van der Waals surface area contributed by atoms with Crippen LogP contribution in [0, 0.1) is 6.92 Å². The average molecular weight is 369 g/mol. The number of rotatable bonds is 5. The van der Waals surface area contributed by atoms with Gasteiger partial charge in [0, 0.05) is 0 Å². The summed E-state index contributed by atoms with van der Waals surface area (Å²) in [5.74, 6) is 0. The van der Waals surface area contributed by atoms with Gasteiger partial charge < -0.3 is 0 Å². The molecule has 0 nitrogen and oxygen atoms in total. The van der Waals surface area contributed by atoms with Crippen LogP contribution in [0.15, 0.2) is 108 Å². The number of allylic oxidation sites excluding steroid dienone is 4. The molecule has 3 aromatic rings. The van der Waals surface area contributed by atoms with Crippen LogP contribution < -0.4 is 15.6 Å². The van der Waals surface area contributed by atoms with Crippen molar-refractivity contribution in [1.29, 1.82) is 0 Å². The zero-order chi connectivity index (χ0) is 19.3. The fourth-order valence-corrected chi connectivity index (χ4v) is 9.46. The van der Waals surface area contributed by atoms with Gasteiger partial charge in [-0.1, -0.05) is 113 Å². The maximum atomic E-state index is 2.34. The Labute approximate surface area is 164 Å². The first-order chi connectivity index (χ1) is 13.1. The van der Waals surface area contributed by atoms with E-state index in [1.165, 1.54) is 31.9 Å². The molecule has 27 heavy (non-hydrogen) atoms. The summed E-state index contributed by atoms with van der Waals surface area (Å²) >= 11 is 0. The van der Waals surface area contributed by atoms with E-state index in [4.69, 9.17) is 0 Å². The highest BCUT2D eigenvalue weighted by molar-refractivity contribution is 7.16. The molecule has 0 atom stereocenters. The van der Waals surface area contributed by atoms with E-state index < -0.39 is 8.07 Å². The Morgan fingerprint density at radius 1 is 0.704 bits per heavy atom. The lowest BCUT2D eigenvalue weighted by Crippen LogP contribution is -2.69. The van der Waals surface area contributed by atoms with Gasteiger partial charge in [0.15, 0.2) is 8.07 Å². The predicted octanol–water partition coefficient (Wildman–Crippen LogP) is 4.92. The molecular weight excluding hydrogens is 340 g/mol. The van der Waals surface area contributed by atoms with Gasteiger partial charge in [-0.2, -0.15) is 0 Å². The molecule has 0 amide bonds. The van der Waals surface area contributed by atoms with Gasteiger partial charge in [0.05, 0.1) is 0 Å². The lowest BCUT2D eigenvalue weighted by molar-refractivity contribution is 1.40. The van der Waals surface area contributed by atoms with E-state index in [0.29, 0.717) is 0 Å². The molecule has 0 aliphatic heterocycles. The molecule has 0 unspecified atom stereocenters. The molecule has 0 aliphatic carbocycles. The highest BCUT2D eigenvalue weighted by Gasteiger charge is 2.42. The Morgan fingerprint density at radius 3 is 1.67 bits per heavy atom. The number of hydrogen-bond donors (Lipinski definition) is 0. The van der Waals surface area contributed by atoms with Crippen LogP contribution >= 0.6 is 0 Å². The normalized spacial score (nSPS) is 12.9. The fourth-order valence-electron chi connectivity index (χ4n) is 4.15. The summed E-state index contributed by atoms with van der Waals surface area (Å²) in [6.07, 6.45) is 4.40. The van der Waals surface area contributed by atoms with E-state index in [9.17, 15) is 0 Å². The van der Waals surface area contributed by atoms with E-state index in [1.54, 1.807) is 0 Å². The van der Waals surface area contributed by atoms with Crippen LogP contribution in [0.5, 0.6) is 0 Å². The average Bonchev–Trinajstić information content (AvgIpc) is 2.71. The molecule has 0 bridgehead atoms. The minimum absolute atomic E-state index is 1.36. The summed E-state index contributed by atoms with van der Waals surface area (Å²) in [5.41, 5.74) is 2.73. The second kappa shape index (κ2) is 8.37. The van der Waals surface area contributed by atoms with E-state index in [1.807, 2.05) is 0 Å². The molecule has 0 radical (unpaired) electrons. The largest absolute Gasteiger partial charge is 0.175 e. The lowest BCUT2D eigenvalue weighted by atomic mass is 10.2. The number of hydrogen-bond acceptors (Lipinski definition) is 0. The van der Waals surface area contributed by atoms with Crippen molar-refractivity contribution in [2.45, 2.75) is 27.7 Å². The van der Waals surface area contributed by atoms with Crippen molar-refractivity contribution in [1.82, 2.24) is 0 Å². The van der Waals surface area contributed by atoms with Crippen molar-refractivity contribution in [2.75, 3.05) is 0 Å². The number of benzene rings is 3. The lowest BCUT2D eigenvalue weighted by Gasteiger charge is -2.37. The van der Waals surface area contributed by atoms with Gasteiger partial charge in [0.25, 0.3) is 0 Å².